The number of unbranched alkanes of at least 4 members (excludes halogenated alkanes) is 1. The van der Waals surface area contributed by atoms with E-state index in [4.69, 9.17) is 10.5 Å². The van der Waals surface area contributed by atoms with Crippen LogP contribution in [-0.4, -0.2) is 43.2 Å². The van der Waals surface area contributed by atoms with Crippen molar-refractivity contribution in [3.63, 3.8) is 0 Å². The van der Waals surface area contributed by atoms with Gasteiger partial charge >= 0.3 is 5.97 Å². The number of hydrogen-bond acceptors (Lipinski definition) is 4. The molecule has 118 valence electrons. The summed E-state index contributed by atoms with van der Waals surface area (Å²) in [4.78, 5) is 14.0. The summed E-state index contributed by atoms with van der Waals surface area (Å²) in [5.74, 6) is 1.41. The predicted molar refractivity (Wildman–Crippen MR) is 82.5 cm³/mol. The van der Waals surface area contributed by atoms with Gasteiger partial charge in [0, 0.05) is 0 Å². The van der Waals surface area contributed by atoms with Crippen LogP contribution in [0.1, 0.15) is 52.9 Å². The summed E-state index contributed by atoms with van der Waals surface area (Å²) in [7, 11) is 1.40. The Morgan fingerprint density at radius 3 is 2.45 bits per heavy atom. The van der Waals surface area contributed by atoms with Crippen LogP contribution < -0.4 is 5.73 Å². The number of carbonyl (C=O) groups is 1. The summed E-state index contributed by atoms with van der Waals surface area (Å²) in [6, 6.07) is 0. The van der Waals surface area contributed by atoms with Crippen LogP contribution in [0.3, 0.4) is 0 Å². The lowest BCUT2D eigenvalue weighted by Gasteiger charge is -2.34. The van der Waals surface area contributed by atoms with Gasteiger partial charge in [-0.2, -0.15) is 0 Å². The lowest BCUT2D eigenvalue weighted by molar-refractivity contribution is -0.146. The number of piperidine rings is 1. The van der Waals surface area contributed by atoms with E-state index in [2.05, 4.69) is 18.7 Å². The highest BCUT2D eigenvalue weighted by Gasteiger charge is 2.28. The van der Waals surface area contributed by atoms with Gasteiger partial charge in [-0.3, -0.25) is 4.79 Å². The van der Waals surface area contributed by atoms with Crippen LogP contribution in [0.25, 0.3) is 0 Å². The Balaban J connectivity index is 2.15. The molecule has 4 nitrogen and oxygen atoms in total. The van der Waals surface area contributed by atoms with Gasteiger partial charge in [0.2, 0.25) is 0 Å². The van der Waals surface area contributed by atoms with E-state index in [1.165, 1.54) is 33.0 Å². The molecule has 1 saturated heterocycles. The molecule has 0 radical (unpaired) electrons. The zero-order valence-electron chi connectivity index (χ0n) is 13.7. The molecule has 1 aliphatic heterocycles. The first-order chi connectivity index (χ1) is 9.36. The molecule has 1 fully saturated rings. The Morgan fingerprint density at radius 1 is 1.35 bits per heavy atom. The van der Waals surface area contributed by atoms with Crippen molar-refractivity contribution in [1.82, 2.24) is 4.90 Å². The second kappa shape index (κ2) is 7.99. The fourth-order valence-electron chi connectivity index (χ4n) is 3.01. The van der Waals surface area contributed by atoms with Crippen LogP contribution >= 0.6 is 0 Å². The van der Waals surface area contributed by atoms with Crippen LogP contribution in [0.5, 0.6) is 0 Å². The van der Waals surface area contributed by atoms with E-state index in [-0.39, 0.29) is 5.97 Å². The molecule has 0 spiro atoms. The summed E-state index contributed by atoms with van der Waals surface area (Å²) in [5.41, 5.74) is 5.12. The molecule has 0 aromatic heterocycles. The highest BCUT2D eigenvalue weighted by atomic mass is 16.5. The van der Waals surface area contributed by atoms with Crippen molar-refractivity contribution in [1.29, 1.82) is 0 Å². The van der Waals surface area contributed by atoms with Crippen molar-refractivity contribution in [3.05, 3.63) is 0 Å². The number of esters is 1. The SMILES string of the molecule is COC(=O)C(C)(N)CCCCN1CCC(C(C)C)CC1. The minimum Gasteiger partial charge on any atom is -0.468 e. The minimum atomic E-state index is -0.834. The lowest BCUT2D eigenvalue weighted by atomic mass is 9.86. The molecule has 1 unspecified atom stereocenters. The zero-order chi connectivity index (χ0) is 15.2. The third-order valence-corrected chi connectivity index (χ3v) is 4.65. The molecule has 1 heterocycles. The average Bonchev–Trinajstić information content (AvgIpc) is 2.43. The fraction of sp³-hybridized carbons (Fsp3) is 0.938. The molecule has 1 atom stereocenters. The first-order valence-corrected chi connectivity index (χ1v) is 7.96. The molecule has 1 rings (SSSR count). The Morgan fingerprint density at radius 2 is 1.95 bits per heavy atom. The molecule has 20 heavy (non-hydrogen) atoms. The second-order valence-electron chi connectivity index (χ2n) is 6.79. The van der Waals surface area contributed by atoms with Crippen LogP contribution in [0.15, 0.2) is 0 Å². The number of carbonyl (C=O) groups excluding carboxylic acids is 1. The van der Waals surface area contributed by atoms with E-state index in [1.54, 1.807) is 6.92 Å². The van der Waals surface area contributed by atoms with Gasteiger partial charge in [-0.05, 0) is 70.5 Å². The number of nitrogens with two attached hydrogens (primary N) is 1. The topological polar surface area (TPSA) is 55.6 Å². The molecule has 1 aliphatic rings. The first kappa shape index (κ1) is 17.4. The van der Waals surface area contributed by atoms with E-state index < -0.39 is 5.54 Å². The van der Waals surface area contributed by atoms with Crippen LogP contribution in [-0.2, 0) is 9.53 Å². The first-order valence-electron chi connectivity index (χ1n) is 7.96. The summed E-state index contributed by atoms with van der Waals surface area (Å²) in [6.07, 6.45) is 5.44. The molecular formula is C16H32N2O2. The smallest absolute Gasteiger partial charge is 0.325 e. The number of hydrogen-bond donors (Lipinski definition) is 1. The van der Waals surface area contributed by atoms with Gasteiger partial charge in [-0.1, -0.05) is 13.8 Å². The monoisotopic (exact) mass is 284 g/mol. The van der Waals surface area contributed by atoms with Gasteiger partial charge in [-0.25, -0.2) is 0 Å². The highest BCUT2D eigenvalue weighted by Crippen LogP contribution is 2.24. The summed E-state index contributed by atoms with van der Waals surface area (Å²) in [6.45, 7) is 9.99. The third kappa shape index (κ3) is 5.41. The summed E-state index contributed by atoms with van der Waals surface area (Å²) >= 11 is 0. The molecule has 0 aromatic rings. The number of rotatable bonds is 7. The van der Waals surface area contributed by atoms with Crippen molar-refractivity contribution >= 4 is 5.97 Å². The number of ether oxygens (including phenoxy) is 1. The predicted octanol–water partition coefficient (Wildman–Crippen LogP) is 2.42. The Kier molecular flexibility index (Phi) is 6.96. The molecule has 0 aliphatic carbocycles. The van der Waals surface area contributed by atoms with E-state index in [0.717, 1.165) is 31.2 Å². The van der Waals surface area contributed by atoms with Crippen molar-refractivity contribution in [2.75, 3.05) is 26.7 Å². The van der Waals surface area contributed by atoms with E-state index in [0.29, 0.717) is 6.42 Å². The molecule has 4 heteroatoms. The van der Waals surface area contributed by atoms with Gasteiger partial charge in [-0.15, -0.1) is 0 Å². The zero-order valence-corrected chi connectivity index (χ0v) is 13.7. The van der Waals surface area contributed by atoms with Crippen LogP contribution in [0.4, 0.5) is 0 Å². The highest BCUT2D eigenvalue weighted by molar-refractivity contribution is 5.79. The van der Waals surface area contributed by atoms with Crippen molar-refractivity contribution in [2.24, 2.45) is 17.6 Å². The standard InChI is InChI=1S/C16H32N2O2/c1-13(2)14-7-11-18(12-8-14)10-6-5-9-16(3,17)15(19)20-4/h13-14H,5-12,17H2,1-4H3. The normalized spacial score (nSPS) is 20.9. The van der Waals surface area contributed by atoms with Gasteiger partial charge < -0.3 is 15.4 Å². The summed E-state index contributed by atoms with van der Waals surface area (Å²) < 4.78 is 4.72. The van der Waals surface area contributed by atoms with E-state index in [9.17, 15) is 4.79 Å². The number of nitrogens with zero attached hydrogens (tertiary/aromatic N) is 1. The number of methoxy groups -OCH3 is 1. The minimum absolute atomic E-state index is 0.310. The van der Waals surface area contributed by atoms with Gasteiger partial charge in [0.15, 0.2) is 0 Å². The quantitative estimate of drug-likeness (QED) is 0.576. The number of likely N-dealkylation sites (tertiary alicyclic amines) is 1. The fourth-order valence-corrected chi connectivity index (χ4v) is 3.01. The molecule has 2 N–H and O–H groups in total. The maximum Gasteiger partial charge on any atom is 0.325 e. The molecule has 0 bridgehead atoms. The van der Waals surface area contributed by atoms with Crippen molar-refractivity contribution in [2.45, 2.75) is 58.4 Å². The largest absolute Gasteiger partial charge is 0.468 e. The maximum atomic E-state index is 11.5. The molecule has 0 amide bonds. The third-order valence-electron chi connectivity index (χ3n) is 4.65. The van der Waals surface area contributed by atoms with Crippen LogP contribution in [0.2, 0.25) is 0 Å². The maximum absolute atomic E-state index is 11.5. The lowest BCUT2D eigenvalue weighted by Crippen LogP contribution is -2.45. The van der Waals surface area contributed by atoms with Gasteiger partial charge in [0.25, 0.3) is 0 Å². The Hall–Kier alpha value is -0.610. The van der Waals surface area contributed by atoms with Crippen molar-refractivity contribution < 1.29 is 9.53 Å². The van der Waals surface area contributed by atoms with E-state index in [1.807, 2.05) is 0 Å². The van der Waals surface area contributed by atoms with Gasteiger partial charge in [0.1, 0.15) is 5.54 Å². The summed E-state index contributed by atoms with van der Waals surface area (Å²) in [5, 5.41) is 0. The van der Waals surface area contributed by atoms with Gasteiger partial charge in [0.05, 0.1) is 7.11 Å². The molecule has 0 aromatic carbocycles. The Labute approximate surface area is 124 Å². The Bertz CT molecular complexity index is 295. The van der Waals surface area contributed by atoms with Crippen LogP contribution in [0, 0.1) is 11.8 Å². The molecular weight excluding hydrogens is 252 g/mol. The van der Waals surface area contributed by atoms with E-state index >= 15 is 0 Å². The second-order valence-corrected chi connectivity index (χ2v) is 6.79. The average molecular weight is 284 g/mol. The molecule has 0 saturated carbocycles. The van der Waals surface area contributed by atoms with Crippen molar-refractivity contribution in [3.8, 4) is 0 Å².